The summed E-state index contributed by atoms with van der Waals surface area (Å²) in [6, 6.07) is 9.62. The van der Waals surface area contributed by atoms with Crippen LogP contribution in [0.4, 0.5) is 22.0 Å². The molecule has 2 aromatic carbocycles. The van der Waals surface area contributed by atoms with E-state index in [1.165, 1.54) is 18.3 Å². The first-order valence-corrected chi connectivity index (χ1v) is 10.6. The molecule has 0 saturated carbocycles. The molecular formula is C24H19F5N4O3. The summed E-state index contributed by atoms with van der Waals surface area (Å²) < 4.78 is 62.9. The van der Waals surface area contributed by atoms with Crippen molar-refractivity contribution in [2.24, 2.45) is 0 Å². The van der Waals surface area contributed by atoms with Crippen molar-refractivity contribution in [3.8, 4) is 11.3 Å². The number of pyridine rings is 1. The van der Waals surface area contributed by atoms with E-state index in [1.54, 1.807) is 12.1 Å². The van der Waals surface area contributed by atoms with Crippen LogP contribution in [0.2, 0.25) is 0 Å². The summed E-state index contributed by atoms with van der Waals surface area (Å²) in [6.45, 7) is 1.90. The zero-order valence-electron chi connectivity index (χ0n) is 18.7. The van der Waals surface area contributed by atoms with Gasteiger partial charge in [-0.1, -0.05) is 36.8 Å². The highest BCUT2D eigenvalue weighted by molar-refractivity contribution is 5.77. The number of benzene rings is 2. The maximum absolute atomic E-state index is 12.7. The van der Waals surface area contributed by atoms with Crippen molar-refractivity contribution in [2.45, 2.75) is 31.9 Å². The van der Waals surface area contributed by atoms with Gasteiger partial charge in [0.05, 0.1) is 22.6 Å². The molecule has 2 N–H and O–H groups in total. The number of aliphatic carboxylic acids is 1. The monoisotopic (exact) mass is 506 g/mol. The van der Waals surface area contributed by atoms with Gasteiger partial charge in [-0.15, -0.1) is 5.10 Å². The molecule has 1 atom stereocenters. The molecule has 0 radical (unpaired) electrons. The highest BCUT2D eigenvalue weighted by Crippen LogP contribution is 2.31. The van der Waals surface area contributed by atoms with E-state index in [0.717, 1.165) is 30.7 Å². The van der Waals surface area contributed by atoms with Crippen LogP contribution in [0.3, 0.4) is 0 Å². The van der Waals surface area contributed by atoms with E-state index in [2.05, 4.69) is 15.3 Å². The molecule has 0 aliphatic heterocycles. The molecule has 1 unspecified atom stereocenters. The third-order valence-electron chi connectivity index (χ3n) is 5.16. The number of halogens is 5. The summed E-state index contributed by atoms with van der Waals surface area (Å²) in [4.78, 5) is 26.4. The Labute approximate surface area is 200 Å². The van der Waals surface area contributed by atoms with E-state index in [0.29, 0.717) is 23.2 Å². The Kier molecular flexibility index (Phi) is 8.07. The average molecular weight is 506 g/mol. The minimum Gasteiger partial charge on any atom is -0.481 e. The van der Waals surface area contributed by atoms with Crippen LogP contribution < -0.4 is 5.56 Å². The number of carboxylic acids is 1. The number of nitrogens with one attached hydrogen (secondary N) is 1. The van der Waals surface area contributed by atoms with Crippen LogP contribution in [0, 0.1) is 11.6 Å². The lowest BCUT2D eigenvalue weighted by Gasteiger charge is -2.12. The molecular weight excluding hydrogens is 487 g/mol. The fourth-order valence-corrected chi connectivity index (χ4v) is 3.32. The molecule has 36 heavy (non-hydrogen) atoms. The van der Waals surface area contributed by atoms with Gasteiger partial charge >= 0.3 is 12.1 Å². The molecule has 7 nitrogen and oxygen atoms in total. The average Bonchev–Trinajstić information content (AvgIpc) is 2.84. The van der Waals surface area contributed by atoms with Gasteiger partial charge in [0.1, 0.15) is 5.52 Å². The van der Waals surface area contributed by atoms with Gasteiger partial charge in [0.2, 0.25) is 0 Å². The van der Waals surface area contributed by atoms with Crippen LogP contribution in [-0.2, 0) is 11.0 Å². The minimum atomic E-state index is -4.37. The van der Waals surface area contributed by atoms with E-state index in [4.69, 9.17) is 0 Å². The van der Waals surface area contributed by atoms with E-state index in [-0.39, 0.29) is 10.9 Å². The molecule has 2 heterocycles. The number of carboxylic acid groups (broad SMARTS) is 1. The number of carbonyl (C=O) groups is 1. The maximum atomic E-state index is 12.7. The van der Waals surface area contributed by atoms with Gasteiger partial charge in [0.25, 0.3) is 5.56 Å². The first-order valence-electron chi connectivity index (χ1n) is 10.6. The van der Waals surface area contributed by atoms with Gasteiger partial charge < -0.3 is 5.11 Å². The third kappa shape index (κ3) is 6.26. The topological polar surface area (TPSA) is 109 Å². The smallest absolute Gasteiger partial charge is 0.416 e. The van der Waals surface area contributed by atoms with Crippen LogP contribution in [-0.4, -0.2) is 31.5 Å². The standard InChI is InChI=1S/C17H16F3NO2.C7H3F2N3O/c1-2-3-14(16(22)23)12-6-9-15(21-10-12)11-4-7-13(8-5-11)17(18,19)20;8-4-1-3-6(2-5(4)9)10-12-11-7(3)13/h4-10,14H,2-3H2,1H3,(H,22,23);1-2H,(H,10,11,13). The molecule has 0 spiro atoms. The zero-order valence-corrected chi connectivity index (χ0v) is 18.7. The predicted molar refractivity (Wildman–Crippen MR) is 120 cm³/mol. The first kappa shape index (κ1) is 26.4. The lowest BCUT2D eigenvalue weighted by Crippen LogP contribution is -2.11. The molecule has 2 aromatic heterocycles. The second-order valence-corrected chi connectivity index (χ2v) is 7.66. The number of rotatable bonds is 5. The largest absolute Gasteiger partial charge is 0.481 e. The van der Waals surface area contributed by atoms with Gasteiger partial charge in [-0.25, -0.2) is 13.9 Å². The second-order valence-electron chi connectivity index (χ2n) is 7.66. The van der Waals surface area contributed by atoms with Crippen molar-refractivity contribution < 1.29 is 31.9 Å². The number of hydrogen-bond donors (Lipinski definition) is 2. The summed E-state index contributed by atoms with van der Waals surface area (Å²) in [6.07, 6.45) is -1.65. The number of alkyl halides is 3. The van der Waals surface area contributed by atoms with E-state index < -0.39 is 40.8 Å². The van der Waals surface area contributed by atoms with Crippen molar-refractivity contribution >= 4 is 16.9 Å². The SMILES string of the molecule is CCCC(C(=O)O)c1ccc(-c2ccc(C(F)(F)F)cc2)nc1.O=c1[nH]nnc2cc(F)c(F)cc12. The van der Waals surface area contributed by atoms with Gasteiger partial charge in [0, 0.05) is 17.8 Å². The Bertz CT molecular complexity index is 1400. The third-order valence-corrected chi connectivity index (χ3v) is 5.16. The molecule has 0 aliphatic carbocycles. The van der Waals surface area contributed by atoms with Crippen molar-refractivity contribution in [3.05, 3.63) is 87.8 Å². The van der Waals surface area contributed by atoms with Gasteiger partial charge in [-0.05, 0) is 36.2 Å². The van der Waals surface area contributed by atoms with Crippen LogP contribution in [0.1, 0.15) is 36.8 Å². The van der Waals surface area contributed by atoms with Crippen molar-refractivity contribution in [2.75, 3.05) is 0 Å². The van der Waals surface area contributed by atoms with E-state index >= 15 is 0 Å². The lowest BCUT2D eigenvalue weighted by atomic mass is 9.95. The van der Waals surface area contributed by atoms with E-state index in [9.17, 15) is 36.6 Å². The molecule has 4 aromatic rings. The summed E-state index contributed by atoms with van der Waals surface area (Å²) >= 11 is 0. The number of aromatic nitrogens is 4. The number of hydrogen-bond acceptors (Lipinski definition) is 5. The van der Waals surface area contributed by atoms with Crippen molar-refractivity contribution in [3.63, 3.8) is 0 Å². The number of aromatic amines is 1. The molecule has 12 heteroatoms. The zero-order chi connectivity index (χ0) is 26.5. The molecule has 0 fully saturated rings. The van der Waals surface area contributed by atoms with Gasteiger partial charge in [0.15, 0.2) is 11.6 Å². The number of fused-ring (bicyclic) bond motifs is 1. The summed E-state index contributed by atoms with van der Waals surface area (Å²) in [5.41, 5.74) is 0.364. The highest BCUT2D eigenvalue weighted by Gasteiger charge is 2.30. The Morgan fingerprint density at radius 2 is 1.72 bits per heavy atom. The normalized spacial score (nSPS) is 12.1. The van der Waals surface area contributed by atoms with Crippen molar-refractivity contribution in [1.82, 2.24) is 20.4 Å². The fraction of sp³-hybridized carbons (Fsp3) is 0.208. The molecule has 4 rings (SSSR count). The fourth-order valence-electron chi connectivity index (χ4n) is 3.32. The van der Waals surface area contributed by atoms with Crippen LogP contribution in [0.25, 0.3) is 22.2 Å². The quantitative estimate of drug-likeness (QED) is 0.354. The van der Waals surface area contributed by atoms with Crippen LogP contribution >= 0.6 is 0 Å². The Morgan fingerprint density at radius 1 is 1.06 bits per heavy atom. The van der Waals surface area contributed by atoms with Gasteiger partial charge in [-0.2, -0.15) is 13.2 Å². The van der Waals surface area contributed by atoms with Gasteiger partial charge in [-0.3, -0.25) is 14.6 Å². The predicted octanol–water partition coefficient (Wildman–Crippen LogP) is 5.33. The summed E-state index contributed by atoms with van der Waals surface area (Å²) in [7, 11) is 0. The second kappa shape index (κ2) is 11.0. The Balaban J connectivity index is 0.000000233. The van der Waals surface area contributed by atoms with Crippen LogP contribution in [0.5, 0.6) is 0 Å². The molecule has 188 valence electrons. The maximum Gasteiger partial charge on any atom is 0.416 e. The van der Waals surface area contributed by atoms with Crippen molar-refractivity contribution in [1.29, 1.82) is 0 Å². The molecule has 0 amide bonds. The Morgan fingerprint density at radius 3 is 2.28 bits per heavy atom. The minimum absolute atomic E-state index is 0.0195. The first-order chi connectivity index (χ1) is 17.0. The Hall–Kier alpha value is -4.22. The lowest BCUT2D eigenvalue weighted by molar-refractivity contribution is -0.139. The number of H-pyrrole nitrogens is 1. The molecule has 0 aliphatic rings. The molecule has 0 bridgehead atoms. The summed E-state index contributed by atoms with van der Waals surface area (Å²) in [5, 5.41) is 17.9. The van der Waals surface area contributed by atoms with Crippen LogP contribution in [0.15, 0.2) is 59.5 Å². The number of nitrogens with zero attached hydrogens (tertiary/aromatic N) is 3. The summed E-state index contributed by atoms with van der Waals surface area (Å²) in [5.74, 6) is -3.65. The van der Waals surface area contributed by atoms with E-state index in [1.807, 2.05) is 12.0 Å². The highest BCUT2D eigenvalue weighted by atomic mass is 19.4. The molecule has 0 saturated heterocycles.